The van der Waals surface area contributed by atoms with Gasteiger partial charge < -0.3 is 0 Å². The Bertz CT molecular complexity index is 64.3. The van der Waals surface area contributed by atoms with E-state index in [2.05, 4.69) is 26.5 Å². The lowest BCUT2D eigenvalue weighted by Crippen LogP contribution is -1.99. The Kier molecular flexibility index (Phi) is 8.35. The molecule has 0 N–H and O–H groups in total. The highest BCUT2D eigenvalue weighted by molar-refractivity contribution is 8.00. The van der Waals surface area contributed by atoms with Crippen molar-refractivity contribution in [2.45, 2.75) is 38.4 Å². The summed E-state index contributed by atoms with van der Waals surface area (Å²) in [5.74, 6) is 2.53. The van der Waals surface area contributed by atoms with E-state index in [-0.39, 0.29) is 0 Å². The van der Waals surface area contributed by atoms with Crippen molar-refractivity contribution in [1.29, 1.82) is 0 Å². The highest BCUT2D eigenvalue weighted by Gasteiger charge is 1.97. The maximum atomic E-state index is 4.41. The Morgan fingerprint density at radius 3 is 2.60 bits per heavy atom. The molecule has 0 radical (unpaired) electrons. The number of thioether (sulfide) groups is 1. The monoisotopic (exact) mass is 178 g/mol. The molecule has 0 rings (SSSR count). The molecule has 1 unspecified atom stereocenters. The summed E-state index contributed by atoms with van der Waals surface area (Å²) in [5.41, 5.74) is 0. The molecule has 10 heavy (non-hydrogen) atoms. The molecule has 2 heteroatoms. The summed E-state index contributed by atoms with van der Waals surface area (Å²) in [6.07, 6.45) is 3.87. The number of unbranched alkanes of at least 4 members (excludes halogenated alkanes) is 1. The highest BCUT2D eigenvalue weighted by atomic mass is 32.2. The average molecular weight is 178 g/mol. The van der Waals surface area contributed by atoms with Crippen molar-refractivity contribution in [2.75, 3.05) is 11.5 Å². The molecule has 0 aromatic heterocycles. The predicted molar refractivity (Wildman–Crippen MR) is 55.3 cm³/mol. The van der Waals surface area contributed by atoms with Gasteiger partial charge in [0.15, 0.2) is 0 Å². The maximum Gasteiger partial charge on any atom is 0.0105 e. The first-order valence-electron chi connectivity index (χ1n) is 4.07. The molecule has 1 atom stereocenters. The van der Waals surface area contributed by atoms with Gasteiger partial charge in [-0.2, -0.15) is 24.4 Å². The first-order chi connectivity index (χ1) is 4.81. The van der Waals surface area contributed by atoms with E-state index in [9.17, 15) is 0 Å². The van der Waals surface area contributed by atoms with Crippen LogP contribution in [0.4, 0.5) is 0 Å². The SMILES string of the molecule is CCCCSCC(S)CC. The number of thiol groups is 1. The van der Waals surface area contributed by atoms with Crippen LogP contribution < -0.4 is 0 Å². The van der Waals surface area contributed by atoms with Gasteiger partial charge in [-0.3, -0.25) is 0 Å². The van der Waals surface area contributed by atoms with Crippen molar-refractivity contribution in [3.05, 3.63) is 0 Å². The number of hydrogen-bond donors (Lipinski definition) is 1. The number of hydrogen-bond acceptors (Lipinski definition) is 2. The molecule has 0 amide bonds. The molecular formula is C8H18S2. The van der Waals surface area contributed by atoms with Crippen LogP contribution in [-0.2, 0) is 0 Å². The molecule has 0 aliphatic rings. The second-order valence-corrected chi connectivity index (χ2v) is 4.37. The lowest BCUT2D eigenvalue weighted by molar-refractivity contribution is 0.888. The van der Waals surface area contributed by atoms with E-state index >= 15 is 0 Å². The van der Waals surface area contributed by atoms with Gasteiger partial charge in [-0.1, -0.05) is 20.3 Å². The van der Waals surface area contributed by atoms with Gasteiger partial charge >= 0.3 is 0 Å². The molecule has 0 bridgehead atoms. The molecule has 0 heterocycles. The molecule has 0 aromatic rings. The summed E-state index contributed by atoms with van der Waals surface area (Å²) in [6.45, 7) is 4.43. The summed E-state index contributed by atoms with van der Waals surface area (Å²) >= 11 is 6.45. The van der Waals surface area contributed by atoms with Gasteiger partial charge in [0.1, 0.15) is 0 Å². The third kappa shape index (κ3) is 6.81. The van der Waals surface area contributed by atoms with Crippen molar-refractivity contribution >= 4 is 24.4 Å². The fourth-order valence-corrected chi connectivity index (χ4v) is 2.07. The highest BCUT2D eigenvalue weighted by Crippen LogP contribution is 2.11. The van der Waals surface area contributed by atoms with Gasteiger partial charge in [-0.05, 0) is 18.6 Å². The lowest BCUT2D eigenvalue weighted by Gasteiger charge is -2.05. The van der Waals surface area contributed by atoms with Crippen LogP contribution >= 0.6 is 24.4 Å². The Balaban J connectivity index is 2.89. The zero-order chi connectivity index (χ0) is 7.82. The molecule has 0 aliphatic carbocycles. The van der Waals surface area contributed by atoms with E-state index in [0.717, 1.165) is 0 Å². The molecule has 0 spiro atoms. The summed E-state index contributed by atoms with van der Waals surface area (Å²) in [5, 5.41) is 0.613. The second kappa shape index (κ2) is 7.80. The molecule has 0 fully saturated rings. The Hall–Kier alpha value is 0.700. The first kappa shape index (κ1) is 10.7. The van der Waals surface area contributed by atoms with Crippen molar-refractivity contribution in [1.82, 2.24) is 0 Å². The van der Waals surface area contributed by atoms with Crippen LogP contribution in [0.25, 0.3) is 0 Å². The summed E-state index contributed by atoms with van der Waals surface area (Å²) in [4.78, 5) is 0. The van der Waals surface area contributed by atoms with Crippen LogP contribution in [0.5, 0.6) is 0 Å². The topological polar surface area (TPSA) is 0 Å². The van der Waals surface area contributed by atoms with Crippen LogP contribution in [0.2, 0.25) is 0 Å². The van der Waals surface area contributed by atoms with Crippen molar-refractivity contribution in [3.8, 4) is 0 Å². The van der Waals surface area contributed by atoms with Gasteiger partial charge in [0, 0.05) is 11.0 Å². The quantitative estimate of drug-likeness (QED) is 0.481. The minimum absolute atomic E-state index is 0.613. The van der Waals surface area contributed by atoms with Crippen LogP contribution in [0, 0.1) is 0 Å². The second-order valence-electron chi connectivity index (χ2n) is 2.49. The van der Waals surface area contributed by atoms with E-state index in [4.69, 9.17) is 0 Å². The van der Waals surface area contributed by atoms with Gasteiger partial charge in [-0.15, -0.1) is 0 Å². The first-order valence-corrected chi connectivity index (χ1v) is 5.74. The minimum Gasteiger partial charge on any atom is -0.175 e. The summed E-state index contributed by atoms with van der Waals surface area (Å²) in [7, 11) is 0. The molecule has 0 saturated carbocycles. The van der Waals surface area contributed by atoms with Crippen molar-refractivity contribution in [3.63, 3.8) is 0 Å². The smallest absolute Gasteiger partial charge is 0.0105 e. The molecule has 0 saturated heterocycles. The third-order valence-electron chi connectivity index (χ3n) is 1.42. The third-order valence-corrected chi connectivity index (χ3v) is 3.43. The van der Waals surface area contributed by atoms with Crippen molar-refractivity contribution < 1.29 is 0 Å². The number of rotatable bonds is 6. The van der Waals surface area contributed by atoms with Gasteiger partial charge in [0.25, 0.3) is 0 Å². The largest absolute Gasteiger partial charge is 0.175 e. The standard InChI is InChI=1S/C8H18S2/c1-3-5-6-10-7-8(9)4-2/h8-9H,3-7H2,1-2H3. The minimum atomic E-state index is 0.613. The van der Waals surface area contributed by atoms with Gasteiger partial charge in [0.05, 0.1) is 0 Å². The van der Waals surface area contributed by atoms with Gasteiger partial charge in [0.2, 0.25) is 0 Å². The Morgan fingerprint density at radius 1 is 1.40 bits per heavy atom. The Morgan fingerprint density at radius 2 is 2.10 bits per heavy atom. The van der Waals surface area contributed by atoms with E-state index in [1.54, 1.807) is 0 Å². The average Bonchev–Trinajstić information content (AvgIpc) is 1.98. The molecule has 0 nitrogen and oxygen atoms in total. The fourth-order valence-electron chi connectivity index (χ4n) is 0.584. The van der Waals surface area contributed by atoms with Gasteiger partial charge in [-0.25, -0.2) is 0 Å². The zero-order valence-corrected chi connectivity index (χ0v) is 8.68. The Labute approximate surface area is 74.6 Å². The molecular weight excluding hydrogens is 160 g/mol. The molecule has 0 aromatic carbocycles. The summed E-state index contributed by atoms with van der Waals surface area (Å²) in [6, 6.07) is 0. The van der Waals surface area contributed by atoms with Crippen LogP contribution in [0.3, 0.4) is 0 Å². The maximum absolute atomic E-state index is 4.41. The van der Waals surface area contributed by atoms with E-state index in [1.165, 1.54) is 30.8 Å². The fraction of sp³-hybridized carbons (Fsp3) is 1.00. The van der Waals surface area contributed by atoms with Crippen LogP contribution in [0.1, 0.15) is 33.1 Å². The van der Waals surface area contributed by atoms with Crippen LogP contribution in [-0.4, -0.2) is 16.8 Å². The van der Waals surface area contributed by atoms with Crippen molar-refractivity contribution in [2.24, 2.45) is 0 Å². The molecule has 0 aliphatic heterocycles. The van der Waals surface area contributed by atoms with E-state index in [0.29, 0.717) is 5.25 Å². The summed E-state index contributed by atoms with van der Waals surface area (Å²) < 4.78 is 0. The lowest BCUT2D eigenvalue weighted by atomic mass is 10.4. The van der Waals surface area contributed by atoms with E-state index in [1.807, 2.05) is 11.8 Å². The normalized spacial score (nSPS) is 13.5. The zero-order valence-electron chi connectivity index (χ0n) is 6.97. The van der Waals surface area contributed by atoms with Crippen LogP contribution in [0.15, 0.2) is 0 Å². The van der Waals surface area contributed by atoms with E-state index < -0.39 is 0 Å². The molecule has 62 valence electrons. The predicted octanol–water partition coefficient (Wildman–Crippen LogP) is 3.23.